The highest BCUT2D eigenvalue weighted by atomic mass is 32.2. The zero-order valence-electron chi connectivity index (χ0n) is 20.0. The summed E-state index contributed by atoms with van der Waals surface area (Å²) in [7, 11) is 0. The van der Waals surface area contributed by atoms with Crippen LogP contribution in [0.3, 0.4) is 0 Å². The highest BCUT2D eigenvalue weighted by Gasteiger charge is 2.17. The van der Waals surface area contributed by atoms with E-state index in [2.05, 4.69) is 41.8 Å². The Bertz CT molecular complexity index is 1100. The largest absolute Gasteiger partial charge is 0.349 e. The van der Waals surface area contributed by atoms with Crippen LogP contribution in [0, 0.1) is 18.6 Å². The molecule has 34 heavy (non-hydrogen) atoms. The van der Waals surface area contributed by atoms with Gasteiger partial charge in [0.1, 0.15) is 11.6 Å². The van der Waals surface area contributed by atoms with Crippen LogP contribution in [0.4, 0.5) is 8.78 Å². The highest BCUT2D eigenvalue weighted by Crippen LogP contribution is 2.19. The Morgan fingerprint density at radius 3 is 2.38 bits per heavy atom. The molecule has 1 unspecified atom stereocenters. The van der Waals surface area contributed by atoms with Gasteiger partial charge in [-0.3, -0.25) is 4.79 Å². The molecule has 2 N–H and O–H groups in total. The van der Waals surface area contributed by atoms with Gasteiger partial charge in [0.25, 0.3) is 5.91 Å². The molecule has 0 aliphatic heterocycles. The van der Waals surface area contributed by atoms with E-state index in [4.69, 9.17) is 0 Å². The molecular weight excluding hydrogens is 450 g/mol. The first-order valence-corrected chi connectivity index (χ1v) is 12.8. The number of benzene rings is 3. The number of nitrogens with one attached hydrogen (secondary N) is 2. The molecule has 0 aliphatic rings. The molecule has 1 atom stereocenters. The monoisotopic (exact) mass is 482 g/mol. The van der Waals surface area contributed by atoms with Gasteiger partial charge in [-0.2, -0.15) is 0 Å². The van der Waals surface area contributed by atoms with E-state index in [1.54, 1.807) is 11.8 Å². The minimum absolute atomic E-state index is 0.178. The second-order valence-corrected chi connectivity index (χ2v) is 9.35. The third-order valence-corrected chi connectivity index (χ3v) is 6.54. The number of hydrogen-bond donors (Lipinski definition) is 2. The molecule has 0 aliphatic carbocycles. The third-order valence-electron chi connectivity index (χ3n) is 5.82. The fourth-order valence-corrected chi connectivity index (χ4v) is 4.49. The lowest BCUT2D eigenvalue weighted by atomic mass is 10.0. The molecule has 0 fully saturated rings. The summed E-state index contributed by atoms with van der Waals surface area (Å²) in [5, 5.41) is 6.51. The lowest BCUT2D eigenvalue weighted by molar-refractivity contribution is 0.0934. The van der Waals surface area contributed by atoms with Crippen molar-refractivity contribution in [2.45, 2.75) is 50.6 Å². The van der Waals surface area contributed by atoms with Crippen molar-refractivity contribution >= 4 is 17.7 Å². The van der Waals surface area contributed by atoms with Crippen LogP contribution in [0.25, 0.3) is 0 Å². The smallest absolute Gasteiger partial charge is 0.251 e. The number of thioether (sulfide) groups is 1. The van der Waals surface area contributed by atoms with E-state index in [0.717, 1.165) is 29.5 Å². The molecule has 0 radical (unpaired) electrons. The normalized spacial score (nSPS) is 11.9. The average molecular weight is 483 g/mol. The van der Waals surface area contributed by atoms with E-state index >= 15 is 0 Å². The number of hydrogen-bond acceptors (Lipinski definition) is 3. The van der Waals surface area contributed by atoms with Gasteiger partial charge in [0, 0.05) is 29.1 Å². The van der Waals surface area contributed by atoms with Crippen LogP contribution in [0.15, 0.2) is 65.6 Å². The molecule has 0 spiro atoms. The van der Waals surface area contributed by atoms with Gasteiger partial charge in [-0.05, 0) is 91.6 Å². The first kappa shape index (κ1) is 25.9. The lowest BCUT2D eigenvalue weighted by Crippen LogP contribution is -2.39. The molecule has 3 rings (SSSR count). The summed E-state index contributed by atoms with van der Waals surface area (Å²) in [5.41, 5.74) is 4.52. The van der Waals surface area contributed by atoms with Gasteiger partial charge in [-0.1, -0.05) is 31.2 Å². The van der Waals surface area contributed by atoms with E-state index in [1.807, 2.05) is 31.4 Å². The number of halogens is 2. The van der Waals surface area contributed by atoms with Crippen molar-refractivity contribution in [1.29, 1.82) is 0 Å². The SMILES string of the molecule is CCc1cccc(CNCCC(Cc2cc(F)cc(F)c2)NC(=O)c2ccc(SC)cc2C)c1. The predicted octanol–water partition coefficient (Wildman–Crippen LogP) is 6.08. The van der Waals surface area contributed by atoms with Crippen LogP contribution in [0.5, 0.6) is 0 Å². The van der Waals surface area contributed by atoms with Crippen LogP contribution in [-0.2, 0) is 19.4 Å². The second kappa shape index (κ2) is 12.7. The van der Waals surface area contributed by atoms with Crippen molar-refractivity contribution in [3.63, 3.8) is 0 Å². The maximum Gasteiger partial charge on any atom is 0.251 e. The number of rotatable bonds is 11. The van der Waals surface area contributed by atoms with E-state index < -0.39 is 11.6 Å². The van der Waals surface area contributed by atoms with E-state index in [1.165, 1.54) is 23.3 Å². The molecule has 6 heteroatoms. The van der Waals surface area contributed by atoms with Gasteiger partial charge in [0.15, 0.2) is 0 Å². The molecule has 0 aromatic heterocycles. The zero-order chi connectivity index (χ0) is 24.5. The zero-order valence-corrected chi connectivity index (χ0v) is 20.8. The van der Waals surface area contributed by atoms with E-state index in [0.29, 0.717) is 30.5 Å². The van der Waals surface area contributed by atoms with E-state index in [-0.39, 0.29) is 11.9 Å². The Balaban J connectivity index is 1.67. The maximum absolute atomic E-state index is 13.7. The number of carbonyl (C=O) groups excluding carboxylic acids is 1. The molecule has 0 bridgehead atoms. The summed E-state index contributed by atoms with van der Waals surface area (Å²) in [6.45, 7) is 5.42. The number of aryl methyl sites for hydroxylation is 2. The molecule has 3 nitrogen and oxygen atoms in total. The van der Waals surface area contributed by atoms with Gasteiger partial charge in [0.05, 0.1) is 0 Å². The van der Waals surface area contributed by atoms with Crippen LogP contribution in [0.2, 0.25) is 0 Å². The Hall–Kier alpha value is -2.70. The first-order chi connectivity index (χ1) is 16.4. The molecule has 0 saturated heterocycles. The summed E-state index contributed by atoms with van der Waals surface area (Å²) < 4.78 is 27.5. The standard InChI is InChI=1S/C28H32F2N2OS/c1-4-20-6-5-7-21(13-20)18-31-11-10-25(16-22-14-23(29)17-24(30)15-22)32-28(33)27-9-8-26(34-3)12-19(27)2/h5-9,12-15,17,25,31H,4,10-11,16,18H2,1-3H3,(H,32,33). The Labute approximate surface area is 205 Å². The summed E-state index contributed by atoms with van der Waals surface area (Å²) in [6, 6.07) is 17.4. The molecular formula is C28H32F2N2OS. The van der Waals surface area contributed by atoms with Gasteiger partial charge in [-0.25, -0.2) is 8.78 Å². The van der Waals surface area contributed by atoms with Crippen LogP contribution >= 0.6 is 11.8 Å². The number of carbonyl (C=O) groups is 1. The Morgan fingerprint density at radius 2 is 1.71 bits per heavy atom. The third kappa shape index (κ3) is 7.67. The van der Waals surface area contributed by atoms with Crippen LogP contribution < -0.4 is 10.6 Å². The fraction of sp³-hybridized carbons (Fsp3) is 0.321. The molecule has 180 valence electrons. The van der Waals surface area contributed by atoms with Crippen LogP contribution in [0.1, 0.15) is 46.0 Å². The predicted molar refractivity (Wildman–Crippen MR) is 136 cm³/mol. The van der Waals surface area contributed by atoms with Crippen LogP contribution in [-0.4, -0.2) is 24.7 Å². The van der Waals surface area contributed by atoms with Gasteiger partial charge < -0.3 is 10.6 Å². The molecule has 0 saturated carbocycles. The Kier molecular flexibility index (Phi) is 9.66. The van der Waals surface area contributed by atoms with Crippen molar-refractivity contribution in [3.8, 4) is 0 Å². The summed E-state index contributed by atoms with van der Waals surface area (Å²) in [6.07, 6.45) is 3.95. The minimum Gasteiger partial charge on any atom is -0.349 e. The average Bonchev–Trinajstić information content (AvgIpc) is 2.81. The van der Waals surface area contributed by atoms with E-state index in [9.17, 15) is 13.6 Å². The van der Waals surface area contributed by atoms with Gasteiger partial charge in [-0.15, -0.1) is 11.8 Å². The fourth-order valence-electron chi connectivity index (χ4n) is 3.99. The van der Waals surface area contributed by atoms with Crippen molar-refractivity contribution in [2.75, 3.05) is 12.8 Å². The molecule has 3 aromatic rings. The van der Waals surface area contributed by atoms with Gasteiger partial charge >= 0.3 is 0 Å². The first-order valence-electron chi connectivity index (χ1n) is 11.6. The topological polar surface area (TPSA) is 41.1 Å². The molecule has 1 amide bonds. The van der Waals surface area contributed by atoms with Crippen molar-refractivity contribution < 1.29 is 13.6 Å². The Morgan fingerprint density at radius 1 is 0.971 bits per heavy atom. The van der Waals surface area contributed by atoms with Crippen molar-refractivity contribution in [2.24, 2.45) is 0 Å². The quantitative estimate of drug-likeness (QED) is 0.257. The van der Waals surface area contributed by atoms with Crippen molar-refractivity contribution in [1.82, 2.24) is 10.6 Å². The second-order valence-electron chi connectivity index (χ2n) is 8.47. The molecule has 3 aromatic carbocycles. The summed E-state index contributed by atoms with van der Waals surface area (Å²) in [4.78, 5) is 14.1. The minimum atomic E-state index is -0.613. The van der Waals surface area contributed by atoms with Gasteiger partial charge in [0.2, 0.25) is 0 Å². The highest BCUT2D eigenvalue weighted by molar-refractivity contribution is 7.98. The summed E-state index contributed by atoms with van der Waals surface area (Å²) >= 11 is 1.62. The van der Waals surface area contributed by atoms with Crippen molar-refractivity contribution in [3.05, 3.63) is 100 Å². The molecule has 0 heterocycles. The summed E-state index contributed by atoms with van der Waals surface area (Å²) in [5.74, 6) is -1.40. The number of amides is 1. The maximum atomic E-state index is 13.7. The lowest BCUT2D eigenvalue weighted by Gasteiger charge is -2.20.